The summed E-state index contributed by atoms with van der Waals surface area (Å²) in [5.41, 5.74) is 6.14. The van der Waals surface area contributed by atoms with E-state index in [4.69, 9.17) is 5.73 Å². The molecule has 0 radical (unpaired) electrons. The van der Waals surface area contributed by atoms with Crippen molar-refractivity contribution in [1.82, 2.24) is 15.0 Å². The maximum absolute atomic E-state index is 15.2. The summed E-state index contributed by atoms with van der Waals surface area (Å²) in [6.07, 6.45) is 2.82. The molecule has 3 aromatic carbocycles. The summed E-state index contributed by atoms with van der Waals surface area (Å²) < 4.78 is 59.9. The second-order valence-corrected chi connectivity index (χ2v) is 8.83. The third-order valence-corrected chi connectivity index (χ3v) is 6.53. The zero-order chi connectivity index (χ0) is 26.6. The standard InChI is InChI=1S/C27H18F4N6O/c28-19-3-1-2-4-23(19)36-27(38)18-10-15(24-20(29)7-8-21(30)25(24)26(18)35-36)9-14-5-6-17(11-22(14)31)37-33-13-16(12-32)34-37/h1-8,10-11,13,15H,9,12,32H2. The van der Waals surface area contributed by atoms with Gasteiger partial charge in [0, 0.05) is 29.7 Å². The number of rotatable bonds is 5. The van der Waals surface area contributed by atoms with Crippen LogP contribution in [0, 0.1) is 23.3 Å². The fourth-order valence-corrected chi connectivity index (χ4v) is 4.73. The Labute approximate surface area is 213 Å². The number of aromatic nitrogens is 3. The molecule has 1 amide bonds. The number of halogens is 4. The number of hydrazone groups is 1. The first-order chi connectivity index (χ1) is 18.4. The Kier molecular flexibility index (Phi) is 5.64. The average molecular weight is 518 g/mol. The average Bonchev–Trinajstić information content (AvgIpc) is 3.52. The van der Waals surface area contributed by atoms with Gasteiger partial charge in [-0.3, -0.25) is 4.79 Å². The van der Waals surface area contributed by atoms with E-state index < -0.39 is 35.1 Å². The molecular formula is C27H18F4N6O. The van der Waals surface area contributed by atoms with Gasteiger partial charge in [0.05, 0.1) is 23.2 Å². The Hall–Kier alpha value is -4.64. The highest BCUT2D eigenvalue weighted by molar-refractivity contribution is 6.36. The Bertz CT molecular complexity index is 1680. The second-order valence-electron chi connectivity index (χ2n) is 8.83. The lowest BCUT2D eigenvalue weighted by Gasteiger charge is -2.24. The van der Waals surface area contributed by atoms with E-state index in [0.717, 1.165) is 23.2 Å². The molecule has 1 aliphatic carbocycles. The van der Waals surface area contributed by atoms with Gasteiger partial charge in [-0.25, -0.2) is 17.6 Å². The number of carbonyl (C=O) groups excluding carboxylic acids is 1. The fraction of sp³-hybridized carbons (Fsp3) is 0.111. The molecule has 11 heteroatoms. The molecule has 2 heterocycles. The maximum Gasteiger partial charge on any atom is 0.280 e. The van der Waals surface area contributed by atoms with E-state index in [1.165, 1.54) is 47.4 Å². The lowest BCUT2D eigenvalue weighted by molar-refractivity contribution is -0.114. The molecule has 0 spiro atoms. The molecule has 0 saturated heterocycles. The van der Waals surface area contributed by atoms with Crippen molar-refractivity contribution in [2.24, 2.45) is 10.8 Å². The van der Waals surface area contributed by atoms with Crippen molar-refractivity contribution < 1.29 is 22.4 Å². The van der Waals surface area contributed by atoms with Gasteiger partial charge in [-0.1, -0.05) is 24.3 Å². The monoisotopic (exact) mass is 518 g/mol. The molecule has 2 N–H and O–H groups in total. The number of benzene rings is 3. The topological polar surface area (TPSA) is 89.4 Å². The zero-order valence-corrected chi connectivity index (χ0v) is 19.6. The molecule has 0 bridgehead atoms. The van der Waals surface area contributed by atoms with Crippen LogP contribution in [-0.2, 0) is 17.8 Å². The molecule has 1 aliphatic heterocycles. The van der Waals surface area contributed by atoms with Crippen LogP contribution in [0.5, 0.6) is 0 Å². The van der Waals surface area contributed by atoms with E-state index in [9.17, 15) is 9.18 Å². The van der Waals surface area contributed by atoms with Gasteiger partial charge in [0.25, 0.3) is 5.91 Å². The number of nitrogens with zero attached hydrogens (tertiary/aromatic N) is 5. The summed E-state index contributed by atoms with van der Waals surface area (Å²) in [4.78, 5) is 14.5. The highest BCUT2D eigenvalue weighted by Crippen LogP contribution is 2.40. The first kappa shape index (κ1) is 23.7. The third kappa shape index (κ3) is 3.79. The van der Waals surface area contributed by atoms with E-state index in [0.29, 0.717) is 11.4 Å². The van der Waals surface area contributed by atoms with E-state index in [-0.39, 0.29) is 46.6 Å². The smallest absolute Gasteiger partial charge is 0.280 e. The number of allylic oxidation sites excluding steroid dienone is 1. The van der Waals surface area contributed by atoms with Crippen molar-refractivity contribution in [2.45, 2.75) is 18.9 Å². The van der Waals surface area contributed by atoms with Gasteiger partial charge in [0.15, 0.2) is 0 Å². The molecule has 1 unspecified atom stereocenters. The van der Waals surface area contributed by atoms with Crippen molar-refractivity contribution in [3.05, 3.63) is 118 Å². The van der Waals surface area contributed by atoms with Crippen LogP contribution >= 0.6 is 0 Å². The predicted octanol–water partition coefficient (Wildman–Crippen LogP) is 4.30. The van der Waals surface area contributed by atoms with Crippen molar-refractivity contribution in [2.75, 3.05) is 5.01 Å². The molecule has 38 heavy (non-hydrogen) atoms. The summed E-state index contributed by atoms with van der Waals surface area (Å²) in [7, 11) is 0. The van der Waals surface area contributed by atoms with Gasteiger partial charge in [0.2, 0.25) is 0 Å². The fourth-order valence-electron chi connectivity index (χ4n) is 4.73. The normalized spacial score (nSPS) is 16.3. The quantitative estimate of drug-likeness (QED) is 0.399. The Morgan fingerprint density at radius 3 is 2.45 bits per heavy atom. The van der Waals surface area contributed by atoms with Gasteiger partial charge in [0.1, 0.15) is 34.7 Å². The number of para-hydroxylation sites is 1. The van der Waals surface area contributed by atoms with Crippen LogP contribution in [0.15, 0.2) is 77.5 Å². The van der Waals surface area contributed by atoms with Crippen molar-refractivity contribution in [3.63, 3.8) is 0 Å². The van der Waals surface area contributed by atoms with Crippen molar-refractivity contribution >= 4 is 17.3 Å². The van der Waals surface area contributed by atoms with Gasteiger partial charge < -0.3 is 5.73 Å². The number of hydrogen-bond acceptors (Lipinski definition) is 5. The molecule has 1 atom stereocenters. The van der Waals surface area contributed by atoms with Gasteiger partial charge in [-0.05, 0) is 42.3 Å². The zero-order valence-electron chi connectivity index (χ0n) is 19.6. The minimum Gasteiger partial charge on any atom is -0.325 e. The molecular weight excluding hydrogens is 500 g/mol. The summed E-state index contributed by atoms with van der Waals surface area (Å²) in [6.45, 7) is 0.177. The minimum absolute atomic E-state index is 0.0117. The summed E-state index contributed by atoms with van der Waals surface area (Å²) >= 11 is 0. The molecule has 0 saturated carbocycles. The third-order valence-electron chi connectivity index (χ3n) is 6.53. The van der Waals surface area contributed by atoms with E-state index in [1.54, 1.807) is 6.07 Å². The molecule has 1 aromatic heterocycles. The largest absolute Gasteiger partial charge is 0.325 e. The summed E-state index contributed by atoms with van der Waals surface area (Å²) in [5, 5.41) is 13.2. The van der Waals surface area contributed by atoms with Gasteiger partial charge in [-0.2, -0.15) is 25.1 Å². The predicted molar refractivity (Wildman–Crippen MR) is 131 cm³/mol. The number of carbonyl (C=O) groups is 1. The number of anilines is 1. The van der Waals surface area contributed by atoms with Crippen LogP contribution < -0.4 is 10.7 Å². The van der Waals surface area contributed by atoms with Crippen LogP contribution in [0.2, 0.25) is 0 Å². The first-order valence-corrected chi connectivity index (χ1v) is 11.6. The van der Waals surface area contributed by atoms with Crippen LogP contribution in [0.4, 0.5) is 23.2 Å². The number of hydrogen-bond donors (Lipinski definition) is 1. The van der Waals surface area contributed by atoms with E-state index >= 15 is 13.2 Å². The van der Waals surface area contributed by atoms with Crippen molar-refractivity contribution in [1.29, 1.82) is 0 Å². The van der Waals surface area contributed by atoms with Crippen LogP contribution in [0.25, 0.3) is 5.69 Å². The Balaban J connectivity index is 1.41. The number of nitrogens with two attached hydrogens (primary N) is 1. The van der Waals surface area contributed by atoms with Crippen LogP contribution in [0.3, 0.4) is 0 Å². The van der Waals surface area contributed by atoms with Crippen LogP contribution in [-0.4, -0.2) is 26.6 Å². The highest BCUT2D eigenvalue weighted by atomic mass is 19.1. The molecule has 6 rings (SSSR count). The second kappa shape index (κ2) is 9.03. The van der Waals surface area contributed by atoms with Crippen LogP contribution in [0.1, 0.15) is 28.3 Å². The first-order valence-electron chi connectivity index (χ1n) is 11.6. The molecule has 7 nitrogen and oxygen atoms in total. The molecule has 2 aliphatic rings. The lowest BCUT2D eigenvalue weighted by atomic mass is 9.79. The summed E-state index contributed by atoms with van der Waals surface area (Å²) in [6, 6.07) is 11.7. The van der Waals surface area contributed by atoms with E-state index in [1.807, 2.05) is 0 Å². The lowest BCUT2D eigenvalue weighted by Crippen LogP contribution is -2.25. The molecule has 0 fully saturated rings. The SMILES string of the molecule is NCc1cnn(-c2ccc(CC3C=C4C(=O)N(c5ccccc5F)N=C4c4c(F)ccc(F)c43)c(F)c2)n1. The number of fused-ring (bicyclic) bond motifs is 3. The Morgan fingerprint density at radius 1 is 0.921 bits per heavy atom. The summed E-state index contributed by atoms with van der Waals surface area (Å²) in [5.74, 6) is -4.43. The van der Waals surface area contributed by atoms with Gasteiger partial charge >= 0.3 is 0 Å². The molecule has 190 valence electrons. The molecule has 4 aromatic rings. The maximum atomic E-state index is 15.2. The minimum atomic E-state index is -0.897. The highest BCUT2D eigenvalue weighted by Gasteiger charge is 2.41. The Morgan fingerprint density at radius 2 is 1.71 bits per heavy atom. The van der Waals surface area contributed by atoms with E-state index in [2.05, 4.69) is 15.3 Å². The number of amides is 1. The van der Waals surface area contributed by atoms with Gasteiger partial charge in [-0.15, -0.1) is 0 Å². The van der Waals surface area contributed by atoms with Crippen molar-refractivity contribution in [3.8, 4) is 5.69 Å².